The van der Waals surface area contributed by atoms with E-state index in [2.05, 4.69) is 13.2 Å². The Bertz CT molecular complexity index is 268. The lowest BCUT2D eigenvalue weighted by molar-refractivity contribution is -0.164. The summed E-state index contributed by atoms with van der Waals surface area (Å²) >= 11 is 0. The predicted molar refractivity (Wildman–Crippen MR) is 59.7 cm³/mol. The molecule has 0 rings (SSSR count). The Morgan fingerprint density at radius 3 is 1.40 bits per heavy atom. The van der Waals surface area contributed by atoms with Crippen molar-refractivity contribution in [3.8, 4) is 0 Å². The van der Waals surface area contributed by atoms with Crippen molar-refractivity contribution in [1.82, 2.24) is 0 Å². The van der Waals surface area contributed by atoms with Crippen molar-refractivity contribution in [2.45, 2.75) is 38.9 Å². The lowest BCUT2D eigenvalue weighted by Crippen LogP contribution is -2.46. The van der Waals surface area contributed by atoms with Gasteiger partial charge in [0.15, 0.2) is 11.6 Å². The average Bonchev–Trinajstić information content (AvgIpc) is 2.13. The Hall–Kier alpha value is -1.22. The maximum atomic E-state index is 11.4. The van der Waals surface area contributed by atoms with Crippen molar-refractivity contribution in [2.24, 2.45) is 0 Å². The first kappa shape index (κ1) is 13.8. The first-order valence-electron chi connectivity index (χ1n) is 4.71. The summed E-state index contributed by atoms with van der Waals surface area (Å²) in [5, 5.41) is 0. The Kier molecular flexibility index (Phi) is 4.16. The van der Waals surface area contributed by atoms with Gasteiger partial charge in [-0.3, -0.25) is 9.59 Å². The summed E-state index contributed by atoms with van der Waals surface area (Å²) in [5.41, 5.74) is -2.10. The summed E-state index contributed by atoms with van der Waals surface area (Å²) in [6.07, 6.45) is 2.38. The molecule has 3 heteroatoms. The monoisotopic (exact) mass is 210 g/mol. The molecule has 0 bridgehead atoms. The first-order chi connectivity index (χ1) is 6.67. The lowest BCUT2D eigenvalue weighted by Gasteiger charge is -2.32. The molecule has 0 N–H and O–H groups in total. The highest BCUT2D eigenvalue weighted by atomic mass is 16.5. The molecule has 15 heavy (non-hydrogen) atoms. The van der Waals surface area contributed by atoms with Crippen molar-refractivity contribution < 1.29 is 14.3 Å². The molecular weight excluding hydrogens is 192 g/mol. The molecule has 3 nitrogen and oxygen atoms in total. The van der Waals surface area contributed by atoms with Crippen LogP contribution in [-0.2, 0) is 14.3 Å². The molecule has 84 valence electrons. The van der Waals surface area contributed by atoms with Crippen molar-refractivity contribution in [2.75, 3.05) is 0 Å². The quantitative estimate of drug-likeness (QED) is 0.630. The van der Waals surface area contributed by atoms with Gasteiger partial charge in [0.1, 0.15) is 11.2 Å². The van der Waals surface area contributed by atoms with Crippen LogP contribution in [0, 0.1) is 0 Å². The van der Waals surface area contributed by atoms with Crippen LogP contribution < -0.4 is 0 Å². The molecule has 0 heterocycles. The van der Waals surface area contributed by atoms with Crippen LogP contribution in [0.5, 0.6) is 0 Å². The maximum Gasteiger partial charge on any atom is 0.186 e. The van der Waals surface area contributed by atoms with Gasteiger partial charge in [0.25, 0.3) is 0 Å². The van der Waals surface area contributed by atoms with E-state index in [1.807, 2.05) is 0 Å². The van der Waals surface area contributed by atoms with Gasteiger partial charge in [-0.25, -0.2) is 0 Å². The third-order valence-corrected chi connectivity index (χ3v) is 2.07. The summed E-state index contributed by atoms with van der Waals surface area (Å²) in [5.74, 6) is -0.514. The summed E-state index contributed by atoms with van der Waals surface area (Å²) in [6.45, 7) is 13.2. The van der Waals surface area contributed by atoms with Gasteiger partial charge in [0.2, 0.25) is 0 Å². The molecule has 0 aliphatic rings. The topological polar surface area (TPSA) is 43.4 Å². The van der Waals surface area contributed by atoms with Gasteiger partial charge >= 0.3 is 0 Å². The van der Waals surface area contributed by atoms with E-state index in [0.29, 0.717) is 0 Å². The molecular formula is C12H18O3. The number of rotatable bonds is 6. The highest BCUT2D eigenvalue weighted by Gasteiger charge is 2.37. The molecule has 0 saturated carbocycles. The van der Waals surface area contributed by atoms with Gasteiger partial charge in [-0.05, 0) is 39.8 Å². The van der Waals surface area contributed by atoms with E-state index in [-0.39, 0.29) is 11.6 Å². The Morgan fingerprint density at radius 2 is 1.20 bits per heavy atom. The highest BCUT2D eigenvalue weighted by Crippen LogP contribution is 2.22. The van der Waals surface area contributed by atoms with Crippen LogP contribution in [0.1, 0.15) is 27.7 Å². The van der Waals surface area contributed by atoms with Crippen LogP contribution in [0.2, 0.25) is 0 Å². The molecule has 0 unspecified atom stereocenters. The second-order valence-corrected chi connectivity index (χ2v) is 4.26. The standard InChI is InChI=1S/C12H18O3/c1-7-9(13)11(3,4)15-12(5,6)10(14)8-2/h7-8H,1-2H2,3-6H3. The highest BCUT2D eigenvalue weighted by molar-refractivity contribution is 5.98. The van der Waals surface area contributed by atoms with Crippen LogP contribution in [0.4, 0.5) is 0 Å². The molecule has 0 fully saturated rings. The average molecular weight is 210 g/mol. The molecule has 0 amide bonds. The molecule has 0 atom stereocenters. The number of carbonyl (C=O) groups is 2. The van der Waals surface area contributed by atoms with E-state index in [1.165, 1.54) is 12.2 Å². The van der Waals surface area contributed by atoms with Crippen LogP contribution in [0.25, 0.3) is 0 Å². The molecule has 0 aromatic carbocycles. The van der Waals surface area contributed by atoms with Gasteiger partial charge < -0.3 is 4.74 Å². The summed E-state index contributed by atoms with van der Waals surface area (Å²) in [7, 11) is 0. The van der Waals surface area contributed by atoms with Crippen molar-refractivity contribution in [1.29, 1.82) is 0 Å². The Labute approximate surface area is 90.8 Å². The van der Waals surface area contributed by atoms with Gasteiger partial charge in [0, 0.05) is 0 Å². The Balaban J connectivity index is 4.86. The van der Waals surface area contributed by atoms with Gasteiger partial charge in [-0.15, -0.1) is 0 Å². The van der Waals surface area contributed by atoms with Crippen LogP contribution in [0.3, 0.4) is 0 Å². The summed E-state index contributed by atoms with van der Waals surface area (Å²) in [4.78, 5) is 22.9. The Morgan fingerprint density at radius 1 is 0.933 bits per heavy atom. The predicted octanol–water partition coefficient (Wildman–Crippen LogP) is 2.07. The molecule has 0 radical (unpaired) electrons. The van der Waals surface area contributed by atoms with Gasteiger partial charge in [-0.2, -0.15) is 0 Å². The maximum absolute atomic E-state index is 11.4. The number of hydrogen-bond donors (Lipinski definition) is 0. The minimum Gasteiger partial charge on any atom is -0.353 e. The minimum atomic E-state index is -1.05. The fraction of sp³-hybridized carbons (Fsp3) is 0.500. The fourth-order valence-electron chi connectivity index (χ4n) is 1.23. The van der Waals surface area contributed by atoms with Gasteiger partial charge in [-0.1, -0.05) is 13.2 Å². The number of ketones is 2. The third kappa shape index (κ3) is 3.44. The zero-order valence-electron chi connectivity index (χ0n) is 9.79. The van der Waals surface area contributed by atoms with E-state index < -0.39 is 11.2 Å². The van der Waals surface area contributed by atoms with Crippen LogP contribution in [-0.4, -0.2) is 22.8 Å². The fourth-order valence-corrected chi connectivity index (χ4v) is 1.23. The molecule has 0 aliphatic heterocycles. The molecule has 0 aliphatic carbocycles. The van der Waals surface area contributed by atoms with Gasteiger partial charge in [0.05, 0.1) is 0 Å². The smallest absolute Gasteiger partial charge is 0.186 e. The van der Waals surface area contributed by atoms with Crippen LogP contribution in [0.15, 0.2) is 25.3 Å². The zero-order valence-corrected chi connectivity index (χ0v) is 9.79. The van der Waals surface area contributed by atoms with Crippen molar-refractivity contribution >= 4 is 11.6 Å². The second kappa shape index (κ2) is 4.53. The third-order valence-electron chi connectivity index (χ3n) is 2.07. The second-order valence-electron chi connectivity index (χ2n) is 4.26. The van der Waals surface area contributed by atoms with E-state index >= 15 is 0 Å². The summed E-state index contributed by atoms with van der Waals surface area (Å²) in [6, 6.07) is 0. The van der Waals surface area contributed by atoms with E-state index in [0.717, 1.165) is 0 Å². The first-order valence-corrected chi connectivity index (χ1v) is 4.71. The number of ether oxygens (including phenoxy) is 1. The normalized spacial score (nSPS) is 12.0. The largest absolute Gasteiger partial charge is 0.353 e. The molecule has 0 aromatic rings. The van der Waals surface area contributed by atoms with Crippen molar-refractivity contribution in [3.63, 3.8) is 0 Å². The summed E-state index contributed by atoms with van der Waals surface area (Å²) < 4.78 is 5.49. The van der Waals surface area contributed by atoms with E-state index in [1.54, 1.807) is 27.7 Å². The van der Waals surface area contributed by atoms with E-state index in [4.69, 9.17) is 4.74 Å². The SMILES string of the molecule is C=CC(=O)C(C)(C)OC(C)(C)C(=O)C=C. The number of carbonyl (C=O) groups excluding carboxylic acids is 2. The molecule has 0 spiro atoms. The van der Waals surface area contributed by atoms with Crippen molar-refractivity contribution in [3.05, 3.63) is 25.3 Å². The minimum absolute atomic E-state index is 0.257. The molecule has 0 aromatic heterocycles. The zero-order chi connectivity index (χ0) is 12.3. The van der Waals surface area contributed by atoms with E-state index in [9.17, 15) is 9.59 Å². The lowest BCUT2D eigenvalue weighted by atomic mass is 9.98. The number of hydrogen-bond acceptors (Lipinski definition) is 3. The van der Waals surface area contributed by atoms with Crippen LogP contribution >= 0.6 is 0 Å². The molecule has 0 saturated heterocycles.